The number of hydrogen-bond donors (Lipinski definition) is 1. The first-order valence-corrected chi connectivity index (χ1v) is 5.20. The molecule has 0 atom stereocenters. The topological polar surface area (TPSA) is 84.8 Å². The van der Waals surface area contributed by atoms with E-state index in [9.17, 15) is 9.90 Å². The first-order valence-electron chi connectivity index (χ1n) is 5.20. The van der Waals surface area contributed by atoms with Gasteiger partial charge in [-0.05, 0) is 12.2 Å². The molecule has 2 aliphatic rings. The van der Waals surface area contributed by atoms with Gasteiger partial charge in [0.15, 0.2) is 11.6 Å². The van der Waals surface area contributed by atoms with Crippen molar-refractivity contribution in [2.45, 2.75) is 5.54 Å². The van der Waals surface area contributed by atoms with Crippen molar-refractivity contribution >= 4 is 11.9 Å². The first-order chi connectivity index (χ1) is 8.73. The molecule has 3 rings (SSSR count). The number of carboxylic acid groups (broad SMARTS) is 1. The standard InChI is InChI=1S/C11H9N3O4/c15-10(16)14-9-8(5-12-7-13-9)18-6-11(14)1-3-17-4-2-11/h1-5,7H,6H2,(H,15,16). The maximum Gasteiger partial charge on any atom is 0.414 e. The molecule has 1 aromatic heterocycles. The number of fused-ring (bicyclic) bond motifs is 1. The number of hydrogen-bond acceptors (Lipinski definition) is 5. The van der Waals surface area contributed by atoms with Crippen molar-refractivity contribution in [1.29, 1.82) is 0 Å². The lowest BCUT2D eigenvalue weighted by Gasteiger charge is -2.41. The number of aromatic nitrogens is 2. The van der Waals surface area contributed by atoms with E-state index in [2.05, 4.69) is 9.97 Å². The van der Waals surface area contributed by atoms with Crippen LogP contribution in [-0.2, 0) is 4.74 Å². The summed E-state index contributed by atoms with van der Waals surface area (Å²) in [5, 5.41) is 9.40. The summed E-state index contributed by atoms with van der Waals surface area (Å²) >= 11 is 0. The van der Waals surface area contributed by atoms with Crippen molar-refractivity contribution in [2.75, 3.05) is 11.5 Å². The van der Waals surface area contributed by atoms with E-state index in [1.165, 1.54) is 25.0 Å². The molecule has 0 unspecified atom stereocenters. The van der Waals surface area contributed by atoms with Crippen LogP contribution >= 0.6 is 0 Å². The number of amides is 1. The van der Waals surface area contributed by atoms with Gasteiger partial charge < -0.3 is 14.6 Å². The lowest BCUT2D eigenvalue weighted by atomic mass is 9.96. The van der Waals surface area contributed by atoms with Gasteiger partial charge in [0, 0.05) is 0 Å². The van der Waals surface area contributed by atoms with Crippen LogP contribution in [0.2, 0.25) is 0 Å². The number of nitrogens with zero attached hydrogens (tertiary/aromatic N) is 3. The van der Waals surface area contributed by atoms with E-state index in [0.29, 0.717) is 5.75 Å². The highest BCUT2D eigenvalue weighted by Gasteiger charge is 2.44. The van der Waals surface area contributed by atoms with Crippen LogP contribution in [0.3, 0.4) is 0 Å². The van der Waals surface area contributed by atoms with E-state index in [1.54, 1.807) is 12.2 Å². The fourth-order valence-electron chi connectivity index (χ4n) is 1.96. The molecule has 0 saturated heterocycles. The fraction of sp³-hybridized carbons (Fsp3) is 0.182. The number of ether oxygens (including phenoxy) is 2. The SMILES string of the molecule is O=C(O)N1c2ncncc2OCC12C=COC=C2. The smallest absolute Gasteiger partial charge is 0.414 e. The van der Waals surface area contributed by atoms with Gasteiger partial charge in [-0.1, -0.05) is 0 Å². The van der Waals surface area contributed by atoms with Gasteiger partial charge in [0.05, 0.1) is 18.7 Å². The zero-order valence-electron chi connectivity index (χ0n) is 9.18. The molecule has 2 aliphatic heterocycles. The minimum Gasteiger partial charge on any atom is -0.485 e. The second-order valence-electron chi connectivity index (χ2n) is 3.85. The molecule has 0 saturated carbocycles. The zero-order chi connectivity index (χ0) is 12.6. The quantitative estimate of drug-likeness (QED) is 0.740. The van der Waals surface area contributed by atoms with E-state index >= 15 is 0 Å². The van der Waals surface area contributed by atoms with Crippen LogP contribution in [0.4, 0.5) is 10.6 Å². The summed E-state index contributed by atoms with van der Waals surface area (Å²) < 4.78 is 10.5. The molecule has 7 nitrogen and oxygen atoms in total. The van der Waals surface area contributed by atoms with Gasteiger partial charge in [-0.2, -0.15) is 0 Å². The summed E-state index contributed by atoms with van der Waals surface area (Å²) in [7, 11) is 0. The number of rotatable bonds is 0. The van der Waals surface area contributed by atoms with Crippen LogP contribution in [0.15, 0.2) is 37.2 Å². The van der Waals surface area contributed by atoms with Crippen LogP contribution < -0.4 is 9.64 Å². The Balaban J connectivity index is 2.15. The van der Waals surface area contributed by atoms with E-state index in [4.69, 9.17) is 9.47 Å². The largest absolute Gasteiger partial charge is 0.485 e. The summed E-state index contributed by atoms with van der Waals surface area (Å²) in [4.78, 5) is 20.4. The summed E-state index contributed by atoms with van der Waals surface area (Å²) in [5.74, 6) is 0.568. The predicted octanol–water partition coefficient (Wildman–Crippen LogP) is 1.15. The molecule has 0 fully saturated rings. The van der Waals surface area contributed by atoms with Crippen molar-refractivity contribution in [3.8, 4) is 5.75 Å². The van der Waals surface area contributed by atoms with Crippen LogP contribution in [0.1, 0.15) is 0 Å². The second-order valence-corrected chi connectivity index (χ2v) is 3.85. The summed E-state index contributed by atoms with van der Waals surface area (Å²) in [6.45, 7) is 0.149. The lowest BCUT2D eigenvalue weighted by molar-refractivity contribution is 0.179. The highest BCUT2D eigenvalue weighted by atomic mass is 16.5. The predicted molar refractivity (Wildman–Crippen MR) is 60.1 cm³/mol. The van der Waals surface area contributed by atoms with Crippen LogP contribution in [0.5, 0.6) is 5.75 Å². The Labute approximate surface area is 102 Å². The highest BCUT2D eigenvalue weighted by Crippen LogP contribution is 2.38. The third kappa shape index (κ3) is 1.41. The second kappa shape index (κ2) is 3.73. The molecular weight excluding hydrogens is 238 g/mol. The molecule has 1 N–H and O–H groups in total. The van der Waals surface area contributed by atoms with E-state index < -0.39 is 11.6 Å². The lowest BCUT2D eigenvalue weighted by Crippen LogP contribution is -2.56. The number of carbonyl (C=O) groups is 1. The Morgan fingerprint density at radius 1 is 1.44 bits per heavy atom. The Morgan fingerprint density at radius 3 is 2.94 bits per heavy atom. The minimum atomic E-state index is -1.12. The molecular formula is C11H9N3O4. The maximum absolute atomic E-state index is 11.5. The average Bonchev–Trinajstić information content (AvgIpc) is 2.39. The molecule has 18 heavy (non-hydrogen) atoms. The van der Waals surface area contributed by atoms with Gasteiger partial charge in [-0.3, -0.25) is 0 Å². The fourth-order valence-corrected chi connectivity index (χ4v) is 1.96. The van der Waals surface area contributed by atoms with Gasteiger partial charge in [-0.15, -0.1) is 0 Å². The average molecular weight is 247 g/mol. The molecule has 0 aromatic carbocycles. The first kappa shape index (κ1) is 10.6. The Morgan fingerprint density at radius 2 is 2.22 bits per heavy atom. The third-order valence-electron chi connectivity index (χ3n) is 2.81. The van der Waals surface area contributed by atoms with Crippen molar-refractivity contribution < 1.29 is 19.4 Å². The van der Waals surface area contributed by atoms with Crippen LogP contribution in [0, 0.1) is 0 Å². The summed E-state index contributed by atoms with van der Waals surface area (Å²) in [6.07, 6.45) is 7.69. The van der Waals surface area contributed by atoms with Gasteiger partial charge in [0.25, 0.3) is 0 Å². The Hall–Kier alpha value is -2.57. The molecule has 0 aliphatic carbocycles. The molecule has 1 aromatic rings. The van der Waals surface area contributed by atoms with Crippen molar-refractivity contribution in [2.24, 2.45) is 0 Å². The monoisotopic (exact) mass is 247 g/mol. The molecule has 1 spiro atoms. The van der Waals surface area contributed by atoms with Crippen molar-refractivity contribution in [1.82, 2.24) is 9.97 Å². The minimum absolute atomic E-state index is 0.149. The van der Waals surface area contributed by atoms with E-state index in [0.717, 1.165) is 4.90 Å². The molecule has 92 valence electrons. The zero-order valence-corrected chi connectivity index (χ0v) is 9.18. The third-order valence-corrected chi connectivity index (χ3v) is 2.81. The normalized spacial score (nSPS) is 19.0. The Bertz CT molecular complexity index is 543. The van der Waals surface area contributed by atoms with E-state index in [1.807, 2.05) is 0 Å². The highest BCUT2D eigenvalue weighted by molar-refractivity contribution is 5.90. The molecule has 1 amide bonds. The van der Waals surface area contributed by atoms with Crippen LogP contribution in [0.25, 0.3) is 0 Å². The molecule has 7 heteroatoms. The molecule has 0 bridgehead atoms. The summed E-state index contributed by atoms with van der Waals surface area (Å²) in [5.41, 5.74) is -0.925. The summed E-state index contributed by atoms with van der Waals surface area (Å²) in [6, 6.07) is 0. The van der Waals surface area contributed by atoms with Gasteiger partial charge in [0.1, 0.15) is 18.5 Å². The van der Waals surface area contributed by atoms with Gasteiger partial charge in [-0.25, -0.2) is 19.7 Å². The van der Waals surface area contributed by atoms with Crippen LogP contribution in [-0.4, -0.2) is 33.3 Å². The van der Waals surface area contributed by atoms with E-state index in [-0.39, 0.29) is 12.4 Å². The van der Waals surface area contributed by atoms with Crippen molar-refractivity contribution in [3.63, 3.8) is 0 Å². The molecule has 0 radical (unpaired) electrons. The Kier molecular flexibility index (Phi) is 2.19. The number of anilines is 1. The maximum atomic E-state index is 11.5. The van der Waals surface area contributed by atoms with Gasteiger partial charge in [0.2, 0.25) is 0 Å². The van der Waals surface area contributed by atoms with Gasteiger partial charge >= 0.3 is 6.09 Å². The van der Waals surface area contributed by atoms with Crippen molar-refractivity contribution in [3.05, 3.63) is 37.2 Å². The molecule has 3 heterocycles.